The van der Waals surface area contributed by atoms with Crippen molar-refractivity contribution in [1.82, 2.24) is 10.6 Å². The van der Waals surface area contributed by atoms with E-state index in [9.17, 15) is 13.2 Å². The Labute approximate surface area is 140 Å². The highest BCUT2D eigenvalue weighted by atomic mass is 32.2. The van der Waals surface area contributed by atoms with E-state index in [-0.39, 0.29) is 17.8 Å². The maximum atomic E-state index is 11.1. The highest BCUT2D eigenvalue weighted by Crippen LogP contribution is 2.03. The van der Waals surface area contributed by atoms with E-state index in [0.29, 0.717) is 18.8 Å². The minimum Gasteiger partial charge on any atom is -0.469 e. The van der Waals surface area contributed by atoms with E-state index in [0.717, 1.165) is 32.2 Å². The second-order valence-electron chi connectivity index (χ2n) is 5.70. The molecule has 8 heteroatoms. The lowest BCUT2D eigenvalue weighted by molar-refractivity contribution is -0.140. The smallest absolute Gasteiger partial charge is 0.305 e. The summed E-state index contributed by atoms with van der Waals surface area (Å²) in [5.74, 6) is 0.689. The molecule has 0 saturated carbocycles. The minimum absolute atomic E-state index is 0.0379. The molecule has 0 saturated heterocycles. The number of unbranched alkanes of at least 4 members (excludes halogenated alkanes) is 3. The third kappa shape index (κ3) is 14.0. The summed E-state index contributed by atoms with van der Waals surface area (Å²) in [7, 11) is 0.161. The van der Waals surface area contributed by atoms with Gasteiger partial charge in [-0.2, -0.15) is 0 Å². The Morgan fingerprint density at radius 1 is 1.22 bits per heavy atom. The van der Waals surface area contributed by atoms with E-state index >= 15 is 0 Å². The van der Waals surface area contributed by atoms with Gasteiger partial charge in [0.1, 0.15) is 9.84 Å². The summed E-state index contributed by atoms with van der Waals surface area (Å²) in [4.78, 5) is 15.1. The van der Waals surface area contributed by atoms with Gasteiger partial charge in [0, 0.05) is 32.3 Å². The Morgan fingerprint density at radius 2 is 1.87 bits per heavy atom. The number of guanidine groups is 1. The van der Waals surface area contributed by atoms with E-state index in [1.54, 1.807) is 7.05 Å². The zero-order chi connectivity index (χ0) is 17.7. The number of carbonyl (C=O) groups excluding carboxylic acids is 1. The van der Waals surface area contributed by atoms with E-state index < -0.39 is 9.84 Å². The third-order valence-corrected chi connectivity index (χ3v) is 4.33. The SMILES string of the molecule is CN=C(NCCCCCCC(=O)OC)NC(C)CCS(C)(=O)=O. The van der Waals surface area contributed by atoms with Crippen LogP contribution in [0.15, 0.2) is 4.99 Å². The number of rotatable bonds is 11. The molecule has 7 nitrogen and oxygen atoms in total. The van der Waals surface area contributed by atoms with E-state index in [2.05, 4.69) is 20.4 Å². The minimum atomic E-state index is -2.93. The molecular formula is C15H31N3O4S. The maximum absolute atomic E-state index is 11.1. The number of hydrogen-bond donors (Lipinski definition) is 2. The number of esters is 1. The number of hydrogen-bond acceptors (Lipinski definition) is 5. The van der Waals surface area contributed by atoms with Crippen molar-refractivity contribution in [3.05, 3.63) is 0 Å². The summed E-state index contributed by atoms with van der Waals surface area (Å²) in [5, 5.41) is 6.38. The topological polar surface area (TPSA) is 96.9 Å². The van der Waals surface area contributed by atoms with Crippen molar-refractivity contribution in [3.63, 3.8) is 0 Å². The van der Waals surface area contributed by atoms with Crippen molar-refractivity contribution in [1.29, 1.82) is 0 Å². The fraction of sp³-hybridized carbons (Fsp3) is 0.867. The van der Waals surface area contributed by atoms with Gasteiger partial charge in [0.05, 0.1) is 12.9 Å². The van der Waals surface area contributed by atoms with Gasteiger partial charge in [-0.3, -0.25) is 9.79 Å². The van der Waals surface area contributed by atoms with Gasteiger partial charge < -0.3 is 15.4 Å². The molecule has 1 atom stereocenters. The first kappa shape index (κ1) is 21.7. The molecule has 0 fully saturated rings. The van der Waals surface area contributed by atoms with Crippen LogP contribution in [0.3, 0.4) is 0 Å². The molecule has 0 radical (unpaired) electrons. The molecule has 0 aliphatic carbocycles. The summed E-state index contributed by atoms with van der Waals surface area (Å²) >= 11 is 0. The van der Waals surface area contributed by atoms with Gasteiger partial charge in [0.2, 0.25) is 0 Å². The number of sulfone groups is 1. The molecule has 0 aliphatic rings. The van der Waals surface area contributed by atoms with Crippen LogP contribution in [0.5, 0.6) is 0 Å². The monoisotopic (exact) mass is 349 g/mol. The molecule has 0 rings (SSSR count). The van der Waals surface area contributed by atoms with Gasteiger partial charge in [0.15, 0.2) is 5.96 Å². The van der Waals surface area contributed by atoms with Gasteiger partial charge in [-0.15, -0.1) is 0 Å². The van der Waals surface area contributed by atoms with Crippen LogP contribution in [0.25, 0.3) is 0 Å². The lowest BCUT2D eigenvalue weighted by Gasteiger charge is -2.17. The van der Waals surface area contributed by atoms with Crippen LogP contribution in [-0.2, 0) is 19.4 Å². The van der Waals surface area contributed by atoms with Crippen molar-refractivity contribution in [2.75, 3.05) is 32.7 Å². The number of nitrogens with zero attached hydrogens (tertiary/aromatic N) is 1. The average molecular weight is 349 g/mol. The van der Waals surface area contributed by atoms with Crippen LogP contribution in [0.2, 0.25) is 0 Å². The molecule has 1 unspecified atom stereocenters. The Hall–Kier alpha value is -1.31. The first-order valence-corrected chi connectivity index (χ1v) is 10.1. The first-order chi connectivity index (χ1) is 10.8. The summed E-state index contributed by atoms with van der Waals surface area (Å²) in [6, 6.07) is 0.0379. The third-order valence-electron chi connectivity index (χ3n) is 3.36. The predicted molar refractivity (Wildman–Crippen MR) is 93.4 cm³/mol. The van der Waals surface area contributed by atoms with Crippen molar-refractivity contribution in [2.45, 2.75) is 51.5 Å². The van der Waals surface area contributed by atoms with Gasteiger partial charge in [-0.25, -0.2) is 8.42 Å². The van der Waals surface area contributed by atoms with Crippen molar-refractivity contribution in [2.24, 2.45) is 4.99 Å². The Kier molecular flexibility index (Phi) is 11.5. The highest BCUT2D eigenvalue weighted by Gasteiger charge is 2.09. The quantitative estimate of drug-likeness (QED) is 0.251. The standard InChI is InChI=1S/C15H31N3O4S/c1-13(10-12-23(4,20)21)18-15(16-2)17-11-8-6-5-7-9-14(19)22-3/h13H,5-12H2,1-4H3,(H2,16,17,18). The molecule has 0 spiro atoms. The normalized spacial score (nSPS) is 13.5. The van der Waals surface area contributed by atoms with Crippen LogP contribution in [-0.4, -0.2) is 59.1 Å². The molecular weight excluding hydrogens is 318 g/mol. The van der Waals surface area contributed by atoms with Crippen LogP contribution in [0.1, 0.15) is 45.4 Å². The van der Waals surface area contributed by atoms with Crippen LogP contribution >= 0.6 is 0 Å². The predicted octanol–water partition coefficient (Wildman–Crippen LogP) is 1.10. The fourth-order valence-electron chi connectivity index (χ4n) is 1.95. The summed E-state index contributed by atoms with van der Waals surface area (Å²) in [5.41, 5.74) is 0. The van der Waals surface area contributed by atoms with Gasteiger partial charge in [-0.1, -0.05) is 12.8 Å². The molecule has 0 bridgehead atoms. The first-order valence-electron chi connectivity index (χ1n) is 8.00. The van der Waals surface area contributed by atoms with Crippen LogP contribution in [0, 0.1) is 0 Å². The molecule has 2 N–H and O–H groups in total. The second kappa shape index (κ2) is 12.2. The van der Waals surface area contributed by atoms with Crippen molar-refractivity contribution < 1.29 is 17.9 Å². The molecule has 0 aromatic carbocycles. The Morgan fingerprint density at radius 3 is 2.43 bits per heavy atom. The van der Waals surface area contributed by atoms with E-state index in [4.69, 9.17) is 0 Å². The average Bonchev–Trinajstić information content (AvgIpc) is 2.49. The molecule has 23 heavy (non-hydrogen) atoms. The zero-order valence-corrected chi connectivity index (χ0v) is 15.5. The zero-order valence-electron chi connectivity index (χ0n) is 14.7. The largest absolute Gasteiger partial charge is 0.469 e. The Bertz CT molecular complexity index is 463. The highest BCUT2D eigenvalue weighted by molar-refractivity contribution is 7.90. The number of carbonyl (C=O) groups is 1. The van der Waals surface area contributed by atoms with Gasteiger partial charge in [-0.05, 0) is 26.2 Å². The molecule has 0 aromatic rings. The van der Waals surface area contributed by atoms with Gasteiger partial charge in [0.25, 0.3) is 0 Å². The Balaban J connectivity index is 3.76. The summed E-state index contributed by atoms with van der Waals surface area (Å²) < 4.78 is 26.9. The van der Waals surface area contributed by atoms with E-state index in [1.807, 2.05) is 6.92 Å². The number of nitrogens with one attached hydrogen (secondary N) is 2. The fourth-order valence-corrected chi connectivity index (χ4v) is 2.73. The second-order valence-corrected chi connectivity index (χ2v) is 7.96. The molecule has 0 aromatic heterocycles. The molecule has 136 valence electrons. The van der Waals surface area contributed by atoms with Crippen LogP contribution < -0.4 is 10.6 Å². The van der Waals surface area contributed by atoms with Gasteiger partial charge >= 0.3 is 5.97 Å². The number of ether oxygens (including phenoxy) is 1. The van der Waals surface area contributed by atoms with Crippen molar-refractivity contribution in [3.8, 4) is 0 Å². The van der Waals surface area contributed by atoms with Crippen LogP contribution in [0.4, 0.5) is 0 Å². The lowest BCUT2D eigenvalue weighted by Crippen LogP contribution is -2.43. The summed E-state index contributed by atoms with van der Waals surface area (Å²) in [6.07, 6.45) is 6.13. The number of methoxy groups -OCH3 is 1. The molecule has 0 heterocycles. The number of aliphatic imine (C=N–C) groups is 1. The molecule has 0 aliphatic heterocycles. The van der Waals surface area contributed by atoms with Crippen molar-refractivity contribution >= 4 is 21.8 Å². The summed E-state index contributed by atoms with van der Waals surface area (Å²) in [6.45, 7) is 2.72. The maximum Gasteiger partial charge on any atom is 0.305 e. The molecule has 0 amide bonds. The lowest BCUT2D eigenvalue weighted by atomic mass is 10.1. The van der Waals surface area contributed by atoms with E-state index in [1.165, 1.54) is 13.4 Å².